The number of rotatable bonds is 9. The molecule has 3 aromatic heterocycles. The molecule has 1 fully saturated rings. The van der Waals surface area contributed by atoms with Crippen molar-refractivity contribution in [2.45, 2.75) is 31.5 Å². The predicted octanol–water partition coefficient (Wildman–Crippen LogP) is 0.881. The Morgan fingerprint density at radius 1 is 1.29 bits per heavy atom. The summed E-state index contributed by atoms with van der Waals surface area (Å²) in [6, 6.07) is 3.28. The van der Waals surface area contributed by atoms with Crippen molar-refractivity contribution in [2.75, 3.05) is 11.9 Å². The highest BCUT2D eigenvalue weighted by molar-refractivity contribution is 9.10. The van der Waals surface area contributed by atoms with Gasteiger partial charge in [-0.05, 0) is 46.5 Å². The summed E-state index contributed by atoms with van der Waals surface area (Å²) in [4.78, 5) is 25.4. The second-order valence-corrected chi connectivity index (χ2v) is 10.1. The first-order valence-corrected chi connectivity index (χ1v) is 12.5. The molecule has 0 aliphatic heterocycles. The second kappa shape index (κ2) is 10.2. The molecule has 1 saturated carbocycles. The molecule has 1 aliphatic rings. The number of aromatic nitrogens is 5. The Morgan fingerprint density at radius 3 is 2.88 bits per heavy atom. The fraction of sp³-hybridized carbons (Fsp3) is 0.350. The first-order chi connectivity index (χ1) is 16.2. The van der Waals surface area contributed by atoms with Crippen LogP contribution in [-0.2, 0) is 21.0 Å². The van der Waals surface area contributed by atoms with Gasteiger partial charge in [0.15, 0.2) is 0 Å². The number of nitrogens with zero attached hydrogens (tertiary/aromatic N) is 5. The number of carbonyl (C=O) groups is 1. The lowest BCUT2D eigenvalue weighted by molar-refractivity contribution is 0.101. The van der Waals surface area contributed by atoms with Gasteiger partial charge in [0.1, 0.15) is 17.8 Å². The molecule has 4 N–H and O–H groups in total. The van der Waals surface area contributed by atoms with Gasteiger partial charge in [0, 0.05) is 41.2 Å². The van der Waals surface area contributed by atoms with E-state index in [2.05, 4.69) is 45.5 Å². The highest BCUT2D eigenvalue weighted by Gasteiger charge is 2.34. The number of ketones is 1. The summed E-state index contributed by atoms with van der Waals surface area (Å²) in [5, 5.41) is 22.6. The summed E-state index contributed by atoms with van der Waals surface area (Å²) in [5.74, 6) is -0.488. The van der Waals surface area contributed by atoms with Crippen LogP contribution in [0.4, 0.5) is 5.82 Å². The molecule has 0 spiro atoms. The molecular formula is C20H22BrN7O5S. The fourth-order valence-corrected chi connectivity index (χ4v) is 4.60. The van der Waals surface area contributed by atoms with Gasteiger partial charge in [-0.2, -0.15) is 13.5 Å². The van der Waals surface area contributed by atoms with E-state index in [0.717, 1.165) is 10.0 Å². The molecule has 0 radical (unpaired) electrons. The first-order valence-electron chi connectivity index (χ1n) is 10.3. The van der Waals surface area contributed by atoms with E-state index >= 15 is 0 Å². The maximum Gasteiger partial charge on any atom is 0.333 e. The van der Waals surface area contributed by atoms with E-state index in [4.69, 9.17) is 5.14 Å². The quantitative estimate of drug-likeness (QED) is 0.323. The van der Waals surface area contributed by atoms with Gasteiger partial charge in [0.25, 0.3) is 0 Å². The maximum absolute atomic E-state index is 13.1. The Morgan fingerprint density at radius 2 is 2.12 bits per heavy atom. The summed E-state index contributed by atoms with van der Waals surface area (Å²) in [5.41, 5.74) is 1.38. The van der Waals surface area contributed by atoms with Gasteiger partial charge < -0.3 is 10.4 Å². The molecule has 3 heterocycles. The number of aliphatic hydroxyl groups is 1. The molecule has 3 aromatic rings. The molecule has 180 valence electrons. The third kappa shape index (κ3) is 6.21. The minimum atomic E-state index is -4.09. The lowest BCUT2D eigenvalue weighted by Crippen LogP contribution is -2.24. The zero-order valence-electron chi connectivity index (χ0n) is 17.8. The number of hydrogen-bond donors (Lipinski definition) is 3. The average Bonchev–Trinajstić information content (AvgIpc) is 3.38. The van der Waals surface area contributed by atoms with Crippen molar-refractivity contribution in [1.29, 1.82) is 0 Å². The lowest BCUT2D eigenvalue weighted by atomic mass is 10.1. The van der Waals surface area contributed by atoms with Crippen LogP contribution in [0.15, 0.2) is 47.7 Å². The summed E-state index contributed by atoms with van der Waals surface area (Å²) in [7, 11) is -4.09. The molecule has 0 unspecified atom stereocenters. The van der Waals surface area contributed by atoms with E-state index in [1.165, 1.54) is 12.5 Å². The summed E-state index contributed by atoms with van der Waals surface area (Å²) in [6.45, 7) is 0.219. The second-order valence-electron chi connectivity index (χ2n) is 7.94. The Bertz CT molecular complexity index is 1290. The number of carbonyl (C=O) groups excluding carboxylic acids is 1. The smallest absolute Gasteiger partial charge is 0.333 e. The standard InChI is InChI=1S/C20H22BrN7O5S/c21-14-3-12(6-23-7-14)9-28-2-1-17(27-28)19(30)16-8-24-11-25-20(16)26-15-4-13(18(29)5-15)10-33-34(22,31)32/h1-3,6-8,11,13,15,18,29H,4-5,9-10H2,(H2,22,31,32)(H,24,25,26)/t13-,15-,18+/m1/s1. The molecule has 0 bridgehead atoms. The van der Waals surface area contributed by atoms with Crippen LogP contribution in [0.5, 0.6) is 0 Å². The molecule has 0 aromatic carbocycles. The number of nitrogens with two attached hydrogens (primary N) is 1. The average molecular weight is 552 g/mol. The van der Waals surface area contributed by atoms with Crippen LogP contribution in [-0.4, -0.2) is 62.8 Å². The zero-order chi connectivity index (χ0) is 24.3. The van der Waals surface area contributed by atoms with Crippen molar-refractivity contribution >= 4 is 37.8 Å². The lowest BCUT2D eigenvalue weighted by Gasteiger charge is -2.15. The molecule has 1 aliphatic carbocycles. The zero-order valence-corrected chi connectivity index (χ0v) is 20.2. The van der Waals surface area contributed by atoms with Crippen LogP contribution in [0.2, 0.25) is 0 Å². The van der Waals surface area contributed by atoms with E-state index < -0.39 is 22.3 Å². The molecule has 12 nitrogen and oxygen atoms in total. The molecule has 3 atom stereocenters. The summed E-state index contributed by atoms with van der Waals surface area (Å²) in [6.07, 6.45) is 7.77. The maximum atomic E-state index is 13.1. The Hall–Kier alpha value is -2.78. The number of nitrogens with one attached hydrogen (secondary N) is 1. The monoisotopic (exact) mass is 551 g/mol. The third-order valence-corrected chi connectivity index (χ3v) is 6.28. The highest BCUT2D eigenvalue weighted by Crippen LogP contribution is 2.30. The Balaban J connectivity index is 1.44. The molecule has 0 saturated heterocycles. The highest BCUT2D eigenvalue weighted by atomic mass is 79.9. The fourth-order valence-electron chi connectivity index (χ4n) is 3.82. The molecular weight excluding hydrogens is 530 g/mol. The molecule has 0 amide bonds. The first kappa shape index (κ1) is 24.3. The normalized spacial score (nSPS) is 20.4. The van der Waals surface area contributed by atoms with Gasteiger partial charge in [-0.25, -0.2) is 15.1 Å². The van der Waals surface area contributed by atoms with Gasteiger partial charge in [-0.1, -0.05) is 0 Å². The van der Waals surface area contributed by atoms with Crippen molar-refractivity contribution in [3.8, 4) is 0 Å². The van der Waals surface area contributed by atoms with Crippen LogP contribution in [0, 0.1) is 5.92 Å². The van der Waals surface area contributed by atoms with Gasteiger partial charge in [0.2, 0.25) is 5.78 Å². The van der Waals surface area contributed by atoms with Gasteiger partial charge in [0.05, 0.1) is 24.8 Å². The van der Waals surface area contributed by atoms with Crippen LogP contribution in [0.1, 0.15) is 34.5 Å². The van der Waals surface area contributed by atoms with Crippen molar-refractivity contribution in [3.05, 3.63) is 64.5 Å². The number of anilines is 1. The van der Waals surface area contributed by atoms with Crippen molar-refractivity contribution in [1.82, 2.24) is 24.7 Å². The number of hydrogen-bond acceptors (Lipinski definition) is 10. The minimum Gasteiger partial charge on any atom is -0.393 e. The number of pyridine rings is 1. The van der Waals surface area contributed by atoms with Gasteiger partial charge in [-0.15, -0.1) is 0 Å². The van der Waals surface area contributed by atoms with E-state index in [1.54, 1.807) is 29.3 Å². The van der Waals surface area contributed by atoms with Crippen molar-refractivity contribution in [3.63, 3.8) is 0 Å². The summed E-state index contributed by atoms with van der Waals surface area (Å²) >= 11 is 3.38. The van der Waals surface area contributed by atoms with Crippen molar-refractivity contribution < 1.29 is 22.5 Å². The molecule has 4 rings (SSSR count). The molecule has 14 heteroatoms. The topological polar surface area (TPSA) is 175 Å². The molecule has 34 heavy (non-hydrogen) atoms. The number of halogens is 1. The van der Waals surface area contributed by atoms with E-state index in [9.17, 15) is 18.3 Å². The largest absolute Gasteiger partial charge is 0.393 e. The van der Waals surface area contributed by atoms with Gasteiger partial charge in [-0.3, -0.25) is 18.6 Å². The van der Waals surface area contributed by atoms with Crippen LogP contribution in [0.25, 0.3) is 0 Å². The van der Waals surface area contributed by atoms with Crippen molar-refractivity contribution in [2.24, 2.45) is 11.1 Å². The van der Waals surface area contributed by atoms with E-state index in [-0.39, 0.29) is 29.7 Å². The summed E-state index contributed by atoms with van der Waals surface area (Å²) < 4.78 is 29.2. The van der Waals surface area contributed by atoms with E-state index in [1.807, 2.05) is 6.07 Å². The Labute approximate surface area is 204 Å². The minimum absolute atomic E-state index is 0.224. The van der Waals surface area contributed by atoms with E-state index in [0.29, 0.717) is 25.2 Å². The van der Waals surface area contributed by atoms with Crippen LogP contribution < -0.4 is 10.5 Å². The third-order valence-electron chi connectivity index (χ3n) is 5.38. The number of aliphatic hydroxyl groups excluding tert-OH is 1. The Kier molecular flexibility index (Phi) is 7.33. The van der Waals surface area contributed by atoms with Crippen LogP contribution >= 0.6 is 15.9 Å². The van der Waals surface area contributed by atoms with Gasteiger partial charge >= 0.3 is 10.3 Å². The SMILES string of the molecule is NS(=O)(=O)OC[C@H]1C[C@@H](Nc2ncncc2C(=O)c2ccn(Cc3cncc(Br)c3)n2)C[C@@H]1O. The van der Waals surface area contributed by atoms with Crippen LogP contribution in [0.3, 0.4) is 0 Å². The predicted molar refractivity (Wildman–Crippen MR) is 124 cm³/mol.